The van der Waals surface area contributed by atoms with Crippen LogP contribution < -0.4 is 0 Å². The fourth-order valence-corrected chi connectivity index (χ4v) is 2.67. The largest absolute Gasteiger partial charge is 0.462 e. The summed E-state index contributed by atoms with van der Waals surface area (Å²) in [7, 11) is 0. The van der Waals surface area contributed by atoms with Crippen molar-refractivity contribution in [2.24, 2.45) is 0 Å². The summed E-state index contributed by atoms with van der Waals surface area (Å²) in [6.07, 6.45) is 5.39. The number of aryl methyl sites for hydroxylation is 1. The summed E-state index contributed by atoms with van der Waals surface area (Å²) in [6, 6.07) is 7.96. The molecule has 1 amide bonds. The number of fused-ring (bicyclic) bond motifs is 1. The molecule has 0 saturated carbocycles. The molecule has 0 N–H and O–H groups in total. The van der Waals surface area contributed by atoms with Gasteiger partial charge in [-0.2, -0.15) is 0 Å². The van der Waals surface area contributed by atoms with Crippen LogP contribution in [0.2, 0.25) is 0 Å². The Balaban J connectivity index is 1.74. The highest BCUT2D eigenvalue weighted by Gasteiger charge is 2.25. The molecule has 3 heterocycles. The maximum atomic E-state index is 12.3. The van der Waals surface area contributed by atoms with Gasteiger partial charge in [-0.15, -0.1) is 0 Å². The number of rotatable bonds is 2. The number of hydrogen-bond donors (Lipinski definition) is 0. The van der Waals surface area contributed by atoms with Gasteiger partial charge >= 0.3 is 0 Å². The molecule has 0 saturated heterocycles. The Hall–Kier alpha value is -2.23. The van der Waals surface area contributed by atoms with Crippen molar-refractivity contribution in [3.8, 4) is 0 Å². The molecule has 2 aromatic rings. The first-order valence-electron chi connectivity index (χ1n) is 6.85. The molecule has 1 aliphatic rings. The SMILES string of the molecule is Cc1ccc(/C=C/C(=O)N2CCn3cccc3C2C)o1. The summed E-state index contributed by atoms with van der Waals surface area (Å²) in [4.78, 5) is 14.2. The predicted octanol–water partition coefficient (Wildman–Crippen LogP) is 3.01. The van der Waals surface area contributed by atoms with E-state index < -0.39 is 0 Å². The van der Waals surface area contributed by atoms with Gasteiger partial charge in [0.25, 0.3) is 0 Å². The van der Waals surface area contributed by atoms with E-state index in [2.05, 4.69) is 23.8 Å². The highest BCUT2D eigenvalue weighted by Crippen LogP contribution is 2.25. The monoisotopic (exact) mass is 270 g/mol. The smallest absolute Gasteiger partial charge is 0.247 e. The minimum atomic E-state index is 0.0269. The van der Waals surface area contributed by atoms with E-state index in [1.165, 1.54) is 5.69 Å². The Morgan fingerprint density at radius 2 is 2.20 bits per heavy atom. The molecule has 4 heteroatoms. The van der Waals surface area contributed by atoms with Gasteiger partial charge in [-0.05, 0) is 44.2 Å². The molecular weight excluding hydrogens is 252 g/mol. The second-order valence-corrected chi connectivity index (χ2v) is 5.12. The number of aromatic nitrogens is 1. The van der Waals surface area contributed by atoms with E-state index in [-0.39, 0.29) is 11.9 Å². The van der Waals surface area contributed by atoms with Crippen LogP contribution in [0.1, 0.15) is 30.2 Å². The van der Waals surface area contributed by atoms with E-state index in [1.807, 2.05) is 30.0 Å². The van der Waals surface area contributed by atoms with Gasteiger partial charge in [-0.3, -0.25) is 4.79 Å². The molecule has 1 atom stereocenters. The van der Waals surface area contributed by atoms with Crippen LogP contribution in [0.25, 0.3) is 6.08 Å². The Bertz CT molecular complexity index is 651. The average Bonchev–Trinajstić information content (AvgIpc) is 3.05. The minimum Gasteiger partial charge on any atom is -0.462 e. The van der Waals surface area contributed by atoms with Crippen LogP contribution >= 0.6 is 0 Å². The van der Waals surface area contributed by atoms with Gasteiger partial charge in [0.05, 0.1) is 6.04 Å². The fourth-order valence-electron chi connectivity index (χ4n) is 2.67. The number of hydrogen-bond acceptors (Lipinski definition) is 2. The van der Waals surface area contributed by atoms with E-state index in [1.54, 1.807) is 12.2 Å². The van der Waals surface area contributed by atoms with E-state index in [0.717, 1.165) is 18.8 Å². The topological polar surface area (TPSA) is 38.4 Å². The van der Waals surface area contributed by atoms with Gasteiger partial charge in [0, 0.05) is 31.1 Å². The summed E-state index contributed by atoms with van der Waals surface area (Å²) < 4.78 is 7.63. The number of furan rings is 1. The van der Waals surface area contributed by atoms with Crippen LogP contribution in [-0.4, -0.2) is 21.9 Å². The van der Waals surface area contributed by atoms with Crippen molar-refractivity contribution in [1.82, 2.24) is 9.47 Å². The van der Waals surface area contributed by atoms with E-state index >= 15 is 0 Å². The molecule has 1 aliphatic heterocycles. The molecule has 0 spiro atoms. The zero-order chi connectivity index (χ0) is 14.1. The fraction of sp³-hybridized carbons (Fsp3) is 0.312. The third-order valence-corrected chi connectivity index (χ3v) is 3.78. The molecule has 104 valence electrons. The predicted molar refractivity (Wildman–Crippen MR) is 77.0 cm³/mol. The maximum Gasteiger partial charge on any atom is 0.247 e. The van der Waals surface area contributed by atoms with E-state index in [9.17, 15) is 4.79 Å². The Kier molecular flexibility index (Phi) is 3.22. The highest BCUT2D eigenvalue weighted by atomic mass is 16.3. The molecule has 4 nitrogen and oxygen atoms in total. The summed E-state index contributed by atoms with van der Waals surface area (Å²) in [5.74, 6) is 1.59. The van der Waals surface area contributed by atoms with Gasteiger partial charge in [0.2, 0.25) is 5.91 Å². The van der Waals surface area contributed by atoms with Crippen LogP contribution in [0.4, 0.5) is 0 Å². The van der Waals surface area contributed by atoms with E-state index in [0.29, 0.717) is 5.76 Å². The van der Waals surface area contributed by atoms with Crippen molar-refractivity contribution in [1.29, 1.82) is 0 Å². The van der Waals surface area contributed by atoms with Crippen LogP contribution in [0.3, 0.4) is 0 Å². The first-order chi connectivity index (χ1) is 9.65. The van der Waals surface area contributed by atoms with Crippen LogP contribution in [0.15, 0.2) is 41.0 Å². The molecule has 3 rings (SSSR count). The zero-order valence-corrected chi connectivity index (χ0v) is 11.7. The highest BCUT2D eigenvalue weighted by molar-refractivity contribution is 5.91. The van der Waals surface area contributed by atoms with Gasteiger partial charge < -0.3 is 13.9 Å². The summed E-state index contributed by atoms with van der Waals surface area (Å²) in [5, 5.41) is 0. The number of carbonyl (C=O) groups is 1. The van der Waals surface area contributed by atoms with Crippen molar-refractivity contribution in [2.45, 2.75) is 26.4 Å². The average molecular weight is 270 g/mol. The van der Waals surface area contributed by atoms with Crippen molar-refractivity contribution in [3.05, 3.63) is 53.8 Å². The standard InChI is InChI=1S/C16H18N2O2/c1-12-5-6-14(20-12)7-8-16(19)18-11-10-17-9-3-4-15(17)13(18)2/h3-9,13H,10-11H2,1-2H3/b8-7+. The van der Waals surface area contributed by atoms with Crippen molar-refractivity contribution in [3.63, 3.8) is 0 Å². The van der Waals surface area contributed by atoms with Crippen molar-refractivity contribution in [2.75, 3.05) is 6.54 Å². The molecule has 20 heavy (non-hydrogen) atoms. The van der Waals surface area contributed by atoms with Gasteiger partial charge in [0.15, 0.2) is 0 Å². The van der Waals surface area contributed by atoms with Crippen LogP contribution in [0.5, 0.6) is 0 Å². The molecular formula is C16H18N2O2. The lowest BCUT2D eigenvalue weighted by Gasteiger charge is -2.34. The van der Waals surface area contributed by atoms with E-state index in [4.69, 9.17) is 4.42 Å². The number of nitrogens with zero attached hydrogens (tertiary/aromatic N) is 2. The van der Waals surface area contributed by atoms with Crippen molar-refractivity contribution >= 4 is 12.0 Å². The first-order valence-corrected chi connectivity index (χ1v) is 6.85. The second kappa shape index (κ2) is 5.04. The third kappa shape index (κ3) is 2.29. The van der Waals surface area contributed by atoms with Crippen LogP contribution in [0, 0.1) is 6.92 Å². The number of amides is 1. The molecule has 0 aromatic carbocycles. The molecule has 0 bridgehead atoms. The molecule has 1 unspecified atom stereocenters. The lowest BCUT2D eigenvalue weighted by atomic mass is 10.1. The number of carbonyl (C=O) groups excluding carboxylic acids is 1. The lowest BCUT2D eigenvalue weighted by Crippen LogP contribution is -2.39. The van der Waals surface area contributed by atoms with Crippen molar-refractivity contribution < 1.29 is 9.21 Å². The minimum absolute atomic E-state index is 0.0269. The summed E-state index contributed by atoms with van der Waals surface area (Å²) >= 11 is 0. The van der Waals surface area contributed by atoms with Crippen LogP contribution in [-0.2, 0) is 11.3 Å². The third-order valence-electron chi connectivity index (χ3n) is 3.78. The second-order valence-electron chi connectivity index (χ2n) is 5.12. The Morgan fingerprint density at radius 3 is 2.95 bits per heavy atom. The molecule has 0 fully saturated rings. The summed E-state index contributed by atoms with van der Waals surface area (Å²) in [5.41, 5.74) is 1.19. The lowest BCUT2D eigenvalue weighted by molar-refractivity contribution is -0.129. The molecule has 2 aromatic heterocycles. The molecule has 0 aliphatic carbocycles. The Labute approximate surface area is 118 Å². The van der Waals surface area contributed by atoms with Gasteiger partial charge in [-0.1, -0.05) is 0 Å². The van der Waals surface area contributed by atoms with Gasteiger partial charge in [-0.25, -0.2) is 0 Å². The zero-order valence-electron chi connectivity index (χ0n) is 11.7. The first kappa shape index (κ1) is 12.8. The molecule has 0 radical (unpaired) electrons. The maximum absolute atomic E-state index is 12.3. The Morgan fingerprint density at radius 1 is 1.35 bits per heavy atom. The summed E-state index contributed by atoms with van der Waals surface area (Å²) in [6.45, 7) is 5.54. The normalized spacial score (nSPS) is 18.5. The quantitative estimate of drug-likeness (QED) is 0.787. The van der Waals surface area contributed by atoms with Gasteiger partial charge in [0.1, 0.15) is 11.5 Å².